The van der Waals surface area contributed by atoms with E-state index in [0.717, 1.165) is 41.7 Å². The van der Waals surface area contributed by atoms with E-state index in [1.165, 1.54) is 22.4 Å². The molecule has 0 amide bonds. The highest BCUT2D eigenvalue weighted by Crippen LogP contribution is 2.25. The van der Waals surface area contributed by atoms with Crippen molar-refractivity contribution >= 4 is 27.3 Å². The third-order valence-electron chi connectivity index (χ3n) is 4.43. The smallest absolute Gasteiger partial charge is 0.0415 e. The van der Waals surface area contributed by atoms with Crippen molar-refractivity contribution in [1.29, 1.82) is 0 Å². The molecule has 0 unspecified atom stereocenters. The van der Waals surface area contributed by atoms with Gasteiger partial charge in [0.1, 0.15) is 0 Å². The van der Waals surface area contributed by atoms with E-state index < -0.39 is 0 Å². The van der Waals surface area contributed by atoms with E-state index in [2.05, 4.69) is 95.5 Å². The zero-order valence-electron chi connectivity index (χ0n) is 16.0. The minimum atomic E-state index is 0.954. The van der Waals surface area contributed by atoms with Crippen molar-refractivity contribution < 1.29 is 0 Å². The molecule has 0 fully saturated rings. The minimum Gasteiger partial charge on any atom is -0.385 e. The molecule has 2 aromatic carbocycles. The zero-order valence-corrected chi connectivity index (χ0v) is 17.6. The summed E-state index contributed by atoms with van der Waals surface area (Å²) >= 11 is 3.61. The quantitative estimate of drug-likeness (QED) is 0.488. The Morgan fingerprint density at radius 3 is 2.58 bits per heavy atom. The Balaban J connectivity index is 2.19. The van der Waals surface area contributed by atoms with Gasteiger partial charge >= 0.3 is 0 Å². The largest absolute Gasteiger partial charge is 0.385 e. The molecular formula is C23H29BrN2. The maximum atomic E-state index is 4.22. The van der Waals surface area contributed by atoms with Crippen LogP contribution in [-0.2, 0) is 12.8 Å². The summed E-state index contributed by atoms with van der Waals surface area (Å²) in [5.74, 6) is 0. The number of anilines is 1. The van der Waals surface area contributed by atoms with E-state index in [9.17, 15) is 0 Å². The molecule has 0 atom stereocenters. The summed E-state index contributed by atoms with van der Waals surface area (Å²) in [5, 5.41) is 6.92. The van der Waals surface area contributed by atoms with Gasteiger partial charge in [-0.3, -0.25) is 0 Å². The Hall–Kier alpha value is -2.00. The summed E-state index contributed by atoms with van der Waals surface area (Å²) in [6, 6.07) is 15.0. The maximum absolute atomic E-state index is 4.22. The summed E-state index contributed by atoms with van der Waals surface area (Å²) in [6.07, 6.45) is 5.13. The molecule has 0 aliphatic carbocycles. The third-order valence-corrected chi connectivity index (χ3v) is 4.92. The Morgan fingerprint density at radius 2 is 1.85 bits per heavy atom. The predicted molar refractivity (Wildman–Crippen MR) is 118 cm³/mol. The Labute approximate surface area is 166 Å². The van der Waals surface area contributed by atoms with Crippen molar-refractivity contribution in [3.63, 3.8) is 0 Å². The van der Waals surface area contributed by atoms with E-state index in [1.807, 2.05) is 6.92 Å². The Morgan fingerprint density at radius 1 is 1.12 bits per heavy atom. The molecule has 3 heteroatoms. The highest BCUT2D eigenvalue weighted by atomic mass is 79.9. The van der Waals surface area contributed by atoms with E-state index in [4.69, 9.17) is 0 Å². The number of benzene rings is 2. The molecule has 2 nitrogen and oxygen atoms in total. The average Bonchev–Trinajstić information content (AvgIpc) is 2.66. The van der Waals surface area contributed by atoms with Crippen LogP contribution in [-0.4, -0.2) is 6.54 Å². The van der Waals surface area contributed by atoms with Crippen LogP contribution in [0.2, 0.25) is 0 Å². The molecule has 2 aromatic rings. The van der Waals surface area contributed by atoms with Gasteiger partial charge in [-0.2, -0.15) is 0 Å². The lowest BCUT2D eigenvalue weighted by molar-refractivity contribution is 0.822. The van der Waals surface area contributed by atoms with Crippen LogP contribution in [0.25, 0.3) is 5.70 Å². The fourth-order valence-electron chi connectivity index (χ4n) is 2.85. The fraction of sp³-hybridized carbons (Fsp3) is 0.304. The molecule has 0 aliphatic heterocycles. The zero-order chi connectivity index (χ0) is 18.9. The summed E-state index contributed by atoms with van der Waals surface area (Å²) < 4.78 is 1.11. The van der Waals surface area contributed by atoms with Gasteiger partial charge in [0.25, 0.3) is 0 Å². The molecule has 2 N–H and O–H groups in total. The summed E-state index contributed by atoms with van der Waals surface area (Å²) in [6.45, 7) is 11.5. The van der Waals surface area contributed by atoms with Crippen molar-refractivity contribution in [2.24, 2.45) is 0 Å². The van der Waals surface area contributed by atoms with Gasteiger partial charge in [0.2, 0.25) is 0 Å². The van der Waals surface area contributed by atoms with Crippen LogP contribution in [0.5, 0.6) is 0 Å². The number of halogens is 1. The van der Waals surface area contributed by atoms with Gasteiger partial charge in [0.05, 0.1) is 0 Å². The highest BCUT2D eigenvalue weighted by molar-refractivity contribution is 9.10. The van der Waals surface area contributed by atoms with Crippen LogP contribution in [0, 0.1) is 0 Å². The van der Waals surface area contributed by atoms with Crippen molar-refractivity contribution in [2.75, 3.05) is 11.9 Å². The Kier molecular flexibility index (Phi) is 7.99. The first-order chi connectivity index (χ1) is 12.5. The van der Waals surface area contributed by atoms with Crippen molar-refractivity contribution in [2.45, 2.75) is 40.0 Å². The number of hydrogen-bond acceptors (Lipinski definition) is 2. The van der Waals surface area contributed by atoms with Gasteiger partial charge < -0.3 is 10.6 Å². The van der Waals surface area contributed by atoms with Gasteiger partial charge in [-0.05, 0) is 62.4 Å². The number of nitrogens with one attached hydrogen (secondary N) is 2. The van der Waals surface area contributed by atoms with Crippen LogP contribution in [0.1, 0.15) is 43.9 Å². The SMILES string of the molecule is C=C(NCCC)c1ccccc1CCc1cc(Br)ccc1N/C(C)=C\C. The summed E-state index contributed by atoms with van der Waals surface area (Å²) in [5.41, 5.74) is 7.20. The lowest BCUT2D eigenvalue weighted by atomic mass is 9.97. The van der Waals surface area contributed by atoms with Gasteiger partial charge in [0, 0.05) is 33.7 Å². The first-order valence-electron chi connectivity index (χ1n) is 9.24. The van der Waals surface area contributed by atoms with E-state index in [-0.39, 0.29) is 0 Å². The molecule has 0 saturated carbocycles. The van der Waals surface area contributed by atoms with Crippen LogP contribution in [0.4, 0.5) is 5.69 Å². The third kappa shape index (κ3) is 5.77. The number of hydrogen-bond donors (Lipinski definition) is 2. The second-order valence-electron chi connectivity index (χ2n) is 6.46. The molecule has 0 aliphatic rings. The minimum absolute atomic E-state index is 0.954. The van der Waals surface area contributed by atoms with Crippen molar-refractivity contribution in [1.82, 2.24) is 5.32 Å². The highest BCUT2D eigenvalue weighted by Gasteiger charge is 2.08. The standard InChI is InChI=1S/C23H29BrN2/c1-5-15-25-18(4)22-10-8-7-9-19(22)11-12-20-16-21(24)13-14-23(20)26-17(3)6-2/h6-10,13-14,16,25-26H,4-5,11-12,15H2,1-3H3/b17-6-. The first kappa shape index (κ1) is 20.3. The average molecular weight is 413 g/mol. The predicted octanol–water partition coefficient (Wildman–Crippen LogP) is 6.54. The monoisotopic (exact) mass is 412 g/mol. The Bertz CT molecular complexity index is 778. The summed E-state index contributed by atoms with van der Waals surface area (Å²) in [4.78, 5) is 0. The second-order valence-corrected chi connectivity index (χ2v) is 7.38. The molecular weight excluding hydrogens is 384 g/mol. The fourth-order valence-corrected chi connectivity index (χ4v) is 3.26. The maximum Gasteiger partial charge on any atom is 0.0415 e. The van der Waals surface area contributed by atoms with Crippen LogP contribution >= 0.6 is 15.9 Å². The van der Waals surface area contributed by atoms with E-state index >= 15 is 0 Å². The molecule has 0 radical (unpaired) electrons. The molecule has 0 aromatic heterocycles. The van der Waals surface area contributed by atoms with Gasteiger partial charge in [-0.15, -0.1) is 0 Å². The number of allylic oxidation sites excluding steroid dienone is 2. The van der Waals surface area contributed by atoms with Gasteiger partial charge in [0.15, 0.2) is 0 Å². The lowest BCUT2D eigenvalue weighted by Crippen LogP contribution is -2.13. The molecule has 138 valence electrons. The topological polar surface area (TPSA) is 24.1 Å². The molecule has 0 spiro atoms. The molecule has 0 bridgehead atoms. The van der Waals surface area contributed by atoms with E-state index in [0.29, 0.717) is 0 Å². The van der Waals surface area contributed by atoms with Crippen molar-refractivity contribution in [3.8, 4) is 0 Å². The van der Waals surface area contributed by atoms with Gasteiger partial charge in [-0.1, -0.05) is 59.8 Å². The molecule has 0 heterocycles. The van der Waals surface area contributed by atoms with E-state index in [1.54, 1.807) is 0 Å². The number of aryl methyl sites for hydroxylation is 2. The van der Waals surface area contributed by atoms with Crippen LogP contribution < -0.4 is 10.6 Å². The molecule has 0 saturated heterocycles. The second kappa shape index (κ2) is 10.2. The van der Waals surface area contributed by atoms with Crippen LogP contribution in [0.3, 0.4) is 0 Å². The van der Waals surface area contributed by atoms with Crippen molar-refractivity contribution in [3.05, 3.63) is 82.0 Å². The normalized spacial score (nSPS) is 11.3. The summed E-state index contributed by atoms with van der Waals surface area (Å²) in [7, 11) is 0. The first-order valence-corrected chi connectivity index (χ1v) is 10.0. The molecule has 2 rings (SSSR count). The molecule has 26 heavy (non-hydrogen) atoms. The van der Waals surface area contributed by atoms with Crippen LogP contribution in [0.15, 0.2) is 65.3 Å². The lowest BCUT2D eigenvalue weighted by Gasteiger charge is -2.16. The number of rotatable bonds is 9. The van der Waals surface area contributed by atoms with Gasteiger partial charge in [-0.25, -0.2) is 0 Å².